The van der Waals surface area contributed by atoms with Crippen LogP contribution in [-0.4, -0.2) is 31.1 Å². The first-order valence-corrected chi connectivity index (χ1v) is 12.1. The van der Waals surface area contributed by atoms with Crippen molar-refractivity contribution in [2.24, 2.45) is 0 Å². The summed E-state index contributed by atoms with van der Waals surface area (Å²) < 4.78 is 66.1. The number of rotatable bonds is 8. The number of benzene rings is 3. The first kappa shape index (κ1) is 22.7. The number of halogens is 1. The fourth-order valence-electron chi connectivity index (χ4n) is 2.62. The van der Waals surface area contributed by atoms with E-state index in [9.17, 15) is 16.8 Å². The van der Waals surface area contributed by atoms with Crippen LogP contribution in [0.1, 0.15) is 0 Å². The lowest BCUT2D eigenvalue weighted by atomic mass is 10.3. The van der Waals surface area contributed by atoms with Crippen molar-refractivity contribution in [1.82, 2.24) is 0 Å². The molecular formula is C20H19ClN2O6S2. The monoisotopic (exact) mass is 482 g/mol. The van der Waals surface area contributed by atoms with Crippen LogP contribution in [0.2, 0.25) is 5.02 Å². The van der Waals surface area contributed by atoms with E-state index >= 15 is 0 Å². The van der Waals surface area contributed by atoms with Gasteiger partial charge < -0.3 is 9.47 Å². The third kappa shape index (κ3) is 5.40. The molecule has 0 fully saturated rings. The van der Waals surface area contributed by atoms with Crippen LogP contribution in [0.15, 0.2) is 76.5 Å². The molecule has 3 aromatic carbocycles. The van der Waals surface area contributed by atoms with E-state index < -0.39 is 20.0 Å². The molecule has 0 aliphatic carbocycles. The fourth-order valence-corrected chi connectivity index (χ4v) is 4.90. The molecule has 0 atom stereocenters. The molecule has 0 aliphatic rings. The van der Waals surface area contributed by atoms with Crippen LogP contribution in [0, 0.1) is 0 Å². The Kier molecular flexibility index (Phi) is 6.63. The standard InChI is InChI=1S/C20H19ClN2O6S2/c1-28-16-7-5-15(6-8-16)22-31(26,27)18-11-12-20(29-2)19(13-18)23-30(24,25)17-9-3-14(21)4-10-17/h3-13,22-23H,1-2H3. The van der Waals surface area contributed by atoms with Gasteiger partial charge in [-0.05, 0) is 66.7 Å². The second kappa shape index (κ2) is 9.04. The normalized spacial score (nSPS) is 11.6. The Labute approximate surface area is 185 Å². The zero-order valence-electron chi connectivity index (χ0n) is 16.5. The average molecular weight is 483 g/mol. The lowest BCUT2D eigenvalue weighted by molar-refractivity contribution is 0.415. The maximum absolute atomic E-state index is 12.8. The molecule has 0 saturated heterocycles. The fraction of sp³-hybridized carbons (Fsp3) is 0.100. The Morgan fingerprint density at radius 1 is 0.710 bits per heavy atom. The number of hydrogen-bond acceptors (Lipinski definition) is 6. The van der Waals surface area contributed by atoms with Crippen LogP contribution in [0.25, 0.3) is 0 Å². The molecule has 11 heteroatoms. The SMILES string of the molecule is COc1ccc(NS(=O)(=O)c2ccc(OC)c(NS(=O)(=O)c3ccc(Cl)cc3)c2)cc1. The molecule has 0 heterocycles. The van der Waals surface area contributed by atoms with Gasteiger partial charge >= 0.3 is 0 Å². The first-order valence-electron chi connectivity index (χ1n) is 8.78. The summed E-state index contributed by atoms with van der Waals surface area (Å²) in [4.78, 5) is -0.193. The van der Waals surface area contributed by atoms with Crippen molar-refractivity contribution in [2.75, 3.05) is 23.7 Å². The van der Waals surface area contributed by atoms with E-state index in [0.29, 0.717) is 16.5 Å². The topological polar surface area (TPSA) is 111 Å². The summed E-state index contributed by atoms with van der Waals surface area (Å²) in [6.45, 7) is 0. The van der Waals surface area contributed by atoms with Gasteiger partial charge in [-0.1, -0.05) is 11.6 Å². The minimum Gasteiger partial charge on any atom is -0.497 e. The molecule has 0 saturated carbocycles. The molecule has 0 aromatic heterocycles. The van der Waals surface area contributed by atoms with E-state index in [1.165, 1.54) is 56.7 Å². The molecule has 3 aromatic rings. The van der Waals surface area contributed by atoms with Gasteiger partial charge in [-0.25, -0.2) is 16.8 Å². The highest BCUT2D eigenvalue weighted by atomic mass is 35.5. The summed E-state index contributed by atoms with van der Waals surface area (Å²) in [5, 5.41) is 0.384. The van der Waals surface area contributed by atoms with E-state index in [1.54, 1.807) is 24.3 Å². The molecule has 0 aliphatic heterocycles. The van der Waals surface area contributed by atoms with Gasteiger partial charge in [0.05, 0.1) is 29.7 Å². The molecule has 2 N–H and O–H groups in total. The molecular weight excluding hydrogens is 464 g/mol. The van der Waals surface area contributed by atoms with Gasteiger partial charge in [-0.2, -0.15) is 0 Å². The van der Waals surface area contributed by atoms with Gasteiger partial charge in [-0.15, -0.1) is 0 Å². The van der Waals surface area contributed by atoms with Gasteiger partial charge in [0, 0.05) is 10.7 Å². The van der Waals surface area contributed by atoms with E-state index in [4.69, 9.17) is 21.1 Å². The summed E-state index contributed by atoms with van der Waals surface area (Å²) in [6, 6.07) is 15.7. The largest absolute Gasteiger partial charge is 0.497 e. The van der Waals surface area contributed by atoms with Gasteiger partial charge in [0.1, 0.15) is 11.5 Å². The zero-order valence-corrected chi connectivity index (χ0v) is 18.9. The van der Waals surface area contributed by atoms with Crippen molar-refractivity contribution in [3.63, 3.8) is 0 Å². The molecule has 0 spiro atoms. The van der Waals surface area contributed by atoms with Gasteiger partial charge in [-0.3, -0.25) is 9.44 Å². The number of hydrogen-bond donors (Lipinski definition) is 2. The van der Waals surface area contributed by atoms with Crippen molar-refractivity contribution in [3.05, 3.63) is 71.8 Å². The highest BCUT2D eigenvalue weighted by molar-refractivity contribution is 7.93. The minimum absolute atomic E-state index is 0.0324. The van der Waals surface area contributed by atoms with Crippen molar-refractivity contribution >= 4 is 43.0 Å². The summed E-state index contributed by atoms with van der Waals surface area (Å²) in [7, 11) is -5.16. The summed E-state index contributed by atoms with van der Waals surface area (Å²) in [5.41, 5.74) is 0.287. The Bertz CT molecular complexity index is 1280. The zero-order chi connectivity index (χ0) is 22.6. The van der Waals surface area contributed by atoms with Crippen LogP contribution >= 0.6 is 11.6 Å². The minimum atomic E-state index is -4.01. The van der Waals surface area contributed by atoms with Crippen molar-refractivity contribution in [3.8, 4) is 11.5 Å². The van der Waals surface area contributed by atoms with Crippen LogP contribution in [0.3, 0.4) is 0 Å². The number of ether oxygens (including phenoxy) is 2. The maximum Gasteiger partial charge on any atom is 0.262 e. The van der Waals surface area contributed by atoms with Crippen molar-refractivity contribution < 1.29 is 26.3 Å². The molecule has 31 heavy (non-hydrogen) atoms. The van der Waals surface area contributed by atoms with Crippen LogP contribution in [-0.2, 0) is 20.0 Å². The lowest BCUT2D eigenvalue weighted by Crippen LogP contribution is -2.16. The molecule has 8 nitrogen and oxygen atoms in total. The first-order chi connectivity index (χ1) is 14.6. The molecule has 0 unspecified atom stereocenters. The second-order valence-electron chi connectivity index (χ2n) is 6.26. The molecule has 0 radical (unpaired) electrons. The molecule has 0 amide bonds. The molecule has 0 bridgehead atoms. The molecule has 3 rings (SSSR count). The predicted octanol–water partition coefficient (Wildman–Crippen LogP) is 3.96. The Balaban J connectivity index is 1.92. The number of nitrogens with one attached hydrogen (secondary N) is 2. The second-order valence-corrected chi connectivity index (χ2v) is 10.1. The summed E-state index contributed by atoms with van der Waals surface area (Å²) in [5.74, 6) is 0.729. The van der Waals surface area contributed by atoms with Gasteiger partial charge in [0.15, 0.2) is 0 Å². The Morgan fingerprint density at radius 3 is 1.87 bits per heavy atom. The Hall–Kier alpha value is -2.95. The van der Waals surface area contributed by atoms with E-state index in [-0.39, 0.29) is 21.2 Å². The maximum atomic E-state index is 12.8. The van der Waals surface area contributed by atoms with Crippen molar-refractivity contribution in [2.45, 2.75) is 9.79 Å². The van der Waals surface area contributed by atoms with E-state index in [0.717, 1.165) is 0 Å². The summed E-state index contributed by atoms with van der Waals surface area (Å²) >= 11 is 5.81. The Morgan fingerprint density at radius 2 is 1.29 bits per heavy atom. The van der Waals surface area contributed by atoms with E-state index in [2.05, 4.69) is 9.44 Å². The van der Waals surface area contributed by atoms with Gasteiger partial charge in [0.25, 0.3) is 20.0 Å². The molecule has 164 valence electrons. The quantitative estimate of drug-likeness (QED) is 0.502. The van der Waals surface area contributed by atoms with Crippen LogP contribution in [0.5, 0.6) is 11.5 Å². The van der Waals surface area contributed by atoms with Crippen molar-refractivity contribution in [1.29, 1.82) is 0 Å². The predicted molar refractivity (Wildman–Crippen MR) is 119 cm³/mol. The smallest absolute Gasteiger partial charge is 0.262 e. The van der Waals surface area contributed by atoms with E-state index in [1.807, 2.05) is 0 Å². The third-order valence-electron chi connectivity index (χ3n) is 4.19. The summed E-state index contributed by atoms with van der Waals surface area (Å²) in [6.07, 6.45) is 0. The number of methoxy groups -OCH3 is 2. The van der Waals surface area contributed by atoms with Crippen LogP contribution in [0.4, 0.5) is 11.4 Å². The lowest BCUT2D eigenvalue weighted by Gasteiger charge is -2.14. The highest BCUT2D eigenvalue weighted by Gasteiger charge is 2.21. The number of anilines is 2. The highest BCUT2D eigenvalue weighted by Crippen LogP contribution is 2.31. The van der Waals surface area contributed by atoms with Crippen LogP contribution < -0.4 is 18.9 Å². The third-order valence-corrected chi connectivity index (χ3v) is 7.20. The average Bonchev–Trinajstić information content (AvgIpc) is 2.74. The number of sulfonamides is 2. The van der Waals surface area contributed by atoms with Gasteiger partial charge in [0.2, 0.25) is 0 Å².